The van der Waals surface area contributed by atoms with Crippen LogP contribution in [0.2, 0.25) is 0 Å². The number of aromatic nitrogens is 2. The molecule has 2 atom stereocenters. The minimum atomic E-state index is -1.11. The van der Waals surface area contributed by atoms with Crippen LogP contribution in [0.4, 0.5) is 4.79 Å². The summed E-state index contributed by atoms with van der Waals surface area (Å²) in [6.45, 7) is 3.26. The fourth-order valence-corrected chi connectivity index (χ4v) is 7.47. The van der Waals surface area contributed by atoms with Crippen LogP contribution in [0.5, 0.6) is 5.75 Å². The predicted molar refractivity (Wildman–Crippen MR) is 164 cm³/mol. The molecule has 2 aliphatic heterocycles. The largest absolute Gasteiger partial charge is 0.490 e. The van der Waals surface area contributed by atoms with E-state index < -0.39 is 11.0 Å². The summed E-state index contributed by atoms with van der Waals surface area (Å²) < 4.78 is 7.61. The summed E-state index contributed by atoms with van der Waals surface area (Å²) in [6.07, 6.45) is 8.02. The van der Waals surface area contributed by atoms with Crippen molar-refractivity contribution in [3.8, 4) is 17.0 Å². The second-order valence-corrected chi connectivity index (χ2v) is 12.9. The van der Waals surface area contributed by atoms with Gasteiger partial charge in [-0.3, -0.25) is 9.36 Å². The molecule has 2 aromatic carbocycles. The van der Waals surface area contributed by atoms with Crippen LogP contribution >= 0.6 is 0 Å². The van der Waals surface area contributed by atoms with E-state index in [0.29, 0.717) is 31.7 Å². The summed E-state index contributed by atoms with van der Waals surface area (Å²) in [7, 11) is 0. The van der Waals surface area contributed by atoms with E-state index in [0.717, 1.165) is 68.5 Å². The van der Waals surface area contributed by atoms with Gasteiger partial charge >= 0.3 is 6.03 Å². The van der Waals surface area contributed by atoms with E-state index in [1.165, 1.54) is 0 Å². The Morgan fingerprint density at radius 3 is 2.56 bits per heavy atom. The van der Waals surface area contributed by atoms with E-state index in [1.54, 1.807) is 17.0 Å². The van der Waals surface area contributed by atoms with E-state index in [9.17, 15) is 14.7 Å². The Balaban J connectivity index is 1.11. The molecule has 43 heavy (non-hydrogen) atoms. The highest BCUT2D eigenvalue weighted by atomic mass is 16.5. The monoisotopic (exact) mass is 583 g/mol. The molecule has 0 bridgehead atoms. The number of hydrogen-bond donors (Lipinski definition) is 2. The zero-order valence-electron chi connectivity index (χ0n) is 24.7. The lowest BCUT2D eigenvalue weighted by molar-refractivity contribution is -0.137. The lowest BCUT2D eigenvalue weighted by Crippen LogP contribution is -2.64. The molecular formula is C34H41N5O4. The molecule has 2 unspecified atom stereocenters. The van der Waals surface area contributed by atoms with Crippen LogP contribution in [0.3, 0.4) is 0 Å². The van der Waals surface area contributed by atoms with Crippen molar-refractivity contribution in [2.45, 2.75) is 69.2 Å². The van der Waals surface area contributed by atoms with Gasteiger partial charge in [-0.05, 0) is 49.8 Å². The maximum atomic E-state index is 14.0. The third-order valence-electron chi connectivity index (χ3n) is 10.1. The predicted octanol–water partition coefficient (Wildman–Crippen LogP) is 4.22. The van der Waals surface area contributed by atoms with Crippen LogP contribution in [0.15, 0.2) is 71.8 Å². The number of hydrogen-bond acceptors (Lipinski definition) is 6. The summed E-state index contributed by atoms with van der Waals surface area (Å²) in [4.78, 5) is 36.1. The van der Waals surface area contributed by atoms with E-state index in [1.807, 2.05) is 52.3 Å². The normalized spacial score (nSPS) is 25.2. The Bertz CT molecular complexity index is 1520. The second kappa shape index (κ2) is 11.4. The molecule has 2 amide bonds. The van der Waals surface area contributed by atoms with Gasteiger partial charge in [0.2, 0.25) is 0 Å². The highest BCUT2D eigenvalue weighted by Gasteiger charge is 2.56. The topological polar surface area (TPSA) is 99.9 Å². The number of carbonyl (C=O) groups is 1. The first kappa shape index (κ1) is 28.1. The van der Waals surface area contributed by atoms with Crippen molar-refractivity contribution in [2.75, 3.05) is 32.7 Å². The zero-order valence-corrected chi connectivity index (χ0v) is 24.7. The fourth-order valence-electron chi connectivity index (χ4n) is 7.47. The minimum absolute atomic E-state index is 0.0224. The van der Waals surface area contributed by atoms with Gasteiger partial charge in [-0.2, -0.15) is 0 Å². The molecule has 1 spiro atoms. The molecule has 1 aromatic heterocycles. The van der Waals surface area contributed by atoms with E-state index in [2.05, 4.69) is 22.4 Å². The molecule has 2 aliphatic carbocycles. The number of nitrogens with zero attached hydrogens (tertiary/aromatic N) is 4. The van der Waals surface area contributed by atoms with Gasteiger partial charge in [0.25, 0.3) is 5.56 Å². The molecule has 2 saturated carbocycles. The van der Waals surface area contributed by atoms with Crippen LogP contribution in [-0.2, 0) is 6.54 Å². The molecular weight excluding hydrogens is 542 g/mol. The SMILES string of the molecule is O=C(N1CCC(O)(Cn2cnc(-c3ccccc3OC3CC3)cc2=O)C2(CCCC2)C1)N1CCNCC1c1ccccc1. The number of ether oxygens (including phenoxy) is 1. The summed E-state index contributed by atoms with van der Waals surface area (Å²) in [6, 6.07) is 19.5. The number of para-hydroxylation sites is 1. The van der Waals surface area contributed by atoms with Gasteiger partial charge in [0.1, 0.15) is 5.75 Å². The van der Waals surface area contributed by atoms with Crippen LogP contribution in [0, 0.1) is 5.41 Å². The fraction of sp³-hybridized carbons (Fsp3) is 0.500. The second-order valence-electron chi connectivity index (χ2n) is 12.9. The first-order chi connectivity index (χ1) is 20.9. The number of benzene rings is 2. The molecule has 226 valence electrons. The standard InChI is InChI=1S/C34H41N5O4/c40-31-20-28(27-10-4-5-11-30(27)43-26-12-13-26)36-24-38(31)23-34(42)16-18-37(22-33(34)14-6-7-15-33)32(41)39-19-17-35-21-29(39)25-8-2-1-3-9-25/h1-5,8-11,20,24,26,29,35,42H,6-7,12-19,21-23H2. The highest BCUT2D eigenvalue weighted by Crippen LogP contribution is 2.52. The molecule has 7 rings (SSSR count). The van der Waals surface area contributed by atoms with Crippen molar-refractivity contribution in [1.29, 1.82) is 0 Å². The molecule has 0 radical (unpaired) electrons. The molecule has 3 aromatic rings. The van der Waals surface area contributed by atoms with Crippen LogP contribution in [-0.4, -0.2) is 74.9 Å². The lowest BCUT2D eigenvalue weighted by atomic mass is 9.66. The van der Waals surface area contributed by atoms with Crippen molar-refractivity contribution in [1.82, 2.24) is 24.7 Å². The number of nitrogens with one attached hydrogen (secondary N) is 1. The Hall–Kier alpha value is -3.69. The number of amides is 2. The summed E-state index contributed by atoms with van der Waals surface area (Å²) in [5.74, 6) is 0.745. The summed E-state index contributed by atoms with van der Waals surface area (Å²) in [5, 5.41) is 15.8. The molecule has 2 N–H and O–H groups in total. The van der Waals surface area contributed by atoms with Gasteiger partial charge in [0.15, 0.2) is 0 Å². The van der Waals surface area contributed by atoms with Gasteiger partial charge in [-0.15, -0.1) is 0 Å². The van der Waals surface area contributed by atoms with E-state index in [-0.39, 0.29) is 30.3 Å². The van der Waals surface area contributed by atoms with Gasteiger partial charge in [-0.25, -0.2) is 9.78 Å². The van der Waals surface area contributed by atoms with Crippen LogP contribution < -0.4 is 15.6 Å². The first-order valence-corrected chi connectivity index (χ1v) is 15.8. The Morgan fingerprint density at radius 2 is 1.79 bits per heavy atom. The van der Waals surface area contributed by atoms with Crippen LogP contribution in [0.1, 0.15) is 56.6 Å². The summed E-state index contributed by atoms with van der Waals surface area (Å²) >= 11 is 0. The molecule has 4 aliphatic rings. The van der Waals surface area contributed by atoms with Gasteiger partial charge in [0.05, 0.1) is 36.3 Å². The molecule has 3 heterocycles. The molecule has 9 heteroatoms. The minimum Gasteiger partial charge on any atom is -0.490 e. The highest BCUT2D eigenvalue weighted by molar-refractivity contribution is 5.75. The lowest BCUT2D eigenvalue weighted by Gasteiger charge is -2.53. The average molecular weight is 584 g/mol. The number of carbonyl (C=O) groups excluding carboxylic acids is 1. The number of aliphatic hydroxyl groups is 1. The number of piperidine rings is 1. The maximum absolute atomic E-state index is 14.0. The van der Waals surface area contributed by atoms with Crippen molar-refractivity contribution >= 4 is 6.03 Å². The Morgan fingerprint density at radius 1 is 1.02 bits per heavy atom. The first-order valence-electron chi connectivity index (χ1n) is 15.8. The number of piperazine rings is 1. The van der Waals surface area contributed by atoms with Crippen molar-refractivity contribution in [2.24, 2.45) is 5.41 Å². The summed E-state index contributed by atoms with van der Waals surface area (Å²) in [5.41, 5.74) is 0.743. The van der Waals surface area contributed by atoms with Gasteiger partial charge in [0, 0.05) is 49.8 Å². The van der Waals surface area contributed by atoms with Crippen molar-refractivity contribution in [3.63, 3.8) is 0 Å². The van der Waals surface area contributed by atoms with E-state index in [4.69, 9.17) is 4.74 Å². The Kier molecular flexibility index (Phi) is 7.47. The smallest absolute Gasteiger partial charge is 0.320 e. The van der Waals surface area contributed by atoms with Crippen LogP contribution in [0.25, 0.3) is 11.3 Å². The van der Waals surface area contributed by atoms with Gasteiger partial charge in [-0.1, -0.05) is 55.3 Å². The quantitative estimate of drug-likeness (QED) is 0.451. The third-order valence-corrected chi connectivity index (χ3v) is 10.1. The third kappa shape index (κ3) is 5.45. The number of rotatable bonds is 6. The van der Waals surface area contributed by atoms with Crippen molar-refractivity contribution < 1.29 is 14.6 Å². The van der Waals surface area contributed by atoms with Crippen molar-refractivity contribution in [3.05, 3.63) is 82.9 Å². The molecule has 4 fully saturated rings. The van der Waals surface area contributed by atoms with E-state index >= 15 is 0 Å². The molecule has 9 nitrogen and oxygen atoms in total. The number of urea groups is 1. The Labute approximate surface area is 252 Å². The zero-order chi connectivity index (χ0) is 29.4. The average Bonchev–Trinajstić information content (AvgIpc) is 3.73. The molecule has 2 saturated heterocycles. The number of likely N-dealkylation sites (tertiary alicyclic amines) is 1. The van der Waals surface area contributed by atoms with Gasteiger partial charge < -0.3 is 25.0 Å². The maximum Gasteiger partial charge on any atom is 0.320 e.